The number of aromatic carboxylic acids is 2. The van der Waals surface area contributed by atoms with Crippen LogP contribution >= 0.6 is 0 Å². The smallest absolute Gasteiger partial charge is 0.545 e. The van der Waals surface area contributed by atoms with E-state index in [2.05, 4.69) is 0 Å². The van der Waals surface area contributed by atoms with Crippen LogP contribution in [0, 0.1) is 0 Å². The Labute approximate surface area is 212 Å². The van der Waals surface area contributed by atoms with Crippen molar-refractivity contribution in [3.05, 3.63) is 70.8 Å². The van der Waals surface area contributed by atoms with Gasteiger partial charge in [0.1, 0.15) is 0 Å². The summed E-state index contributed by atoms with van der Waals surface area (Å²) in [4.78, 5) is 44.7. The molecule has 6 nitrogen and oxygen atoms in total. The zero-order chi connectivity index (χ0) is 22.5. The SMILES string of the molecule is CCCCC(=O)c1ccccc1C(=O)[O-].CCCCC(=O)c1ccccc1C(=O)[O-].[Ca+2]. The minimum atomic E-state index is -1.30. The van der Waals surface area contributed by atoms with Gasteiger partial charge in [0.15, 0.2) is 11.6 Å². The molecule has 0 spiro atoms. The zero-order valence-electron chi connectivity index (χ0n) is 18.0. The van der Waals surface area contributed by atoms with Crippen molar-refractivity contribution in [2.24, 2.45) is 0 Å². The summed E-state index contributed by atoms with van der Waals surface area (Å²) in [5.74, 6) is -2.85. The maximum absolute atomic E-state index is 11.6. The molecule has 2 rings (SSSR count). The maximum atomic E-state index is 11.6. The normalized spacial score (nSPS) is 9.61. The van der Waals surface area contributed by atoms with E-state index in [0.717, 1.165) is 25.7 Å². The van der Waals surface area contributed by atoms with Crippen LogP contribution in [0.1, 0.15) is 93.8 Å². The fourth-order valence-corrected chi connectivity index (χ4v) is 2.75. The Balaban J connectivity index is 0.000000562. The van der Waals surface area contributed by atoms with Gasteiger partial charge in [0.25, 0.3) is 0 Å². The van der Waals surface area contributed by atoms with E-state index < -0.39 is 11.9 Å². The number of hydrogen-bond acceptors (Lipinski definition) is 6. The number of ketones is 2. The molecule has 2 aromatic carbocycles. The predicted molar refractivity (Wildman–Crippen MR) is 115 cm³/mol. The Morgan fingerprint density at radius 2 is 0.903 bits per heavy atom. The van der Waals surface area contributed by atoms with Crippen LogP contribution < -0.4 is 10.2 Å². The molecule has 31 heavy (non-hydrogen) atoms. The van der Waals surface area contributed by atoms with Crippen LogP contribution in [0.4, 0.5) is 0 Å². The molecule has 7 heteroatoms. The Kier molecular flexibility index (Phi) is 14.7. The molecule has 0 amide bonds. The van der Waals surface area contributed by atoms with Crippen molar-refractivity contribution >= 4 is 61.2 Å². The molecule has 0 N–H and O–H groups in total. The number of benzene rings is 2. The third-order valence-corrected chi connectivity index (χ3v) is 4.41. The second-order valence-electron chi connectivity index (χ2n) is 6.72. The van der Waals surface area contributed by atoms with Gasteiger partial charge in [-0.25, -0.2) is 0 Å². The van der Waals surface area contributed by atoms with Crippen LogP contribution in [0.3, 0.4) is 0 Å². The van der Waals surface area contributed by atoms with E-state index in [4.69, 9.17) is 0 Å². The van der Waals surface area contributed by atoms with E-state index >= 15 is 0 Å². The van der Waals surface area contributed by atoms with Gasteiger partial charge < -0.3 is 19.8 Å². The number of hydrogen-bond donors (Lipinski definition) is 0. The first-order chi connectivity index (χ1) is 14.3. The van der Waals surface area contributed by atoms with Crippen LogP contribution in [-0.2, 0) is 0 Å². The van der Waals surface area contributed by atoms with Crippen LogP contribution in [0.25, 0.3) is 0 Å². The van der Waals surface area contributed by atoms with Crippen molar-refractivity contribution in [1.29, 1.82) is 0 Å². The maximum Gasteiger partial charge on any atom is 2.00 e. The van der Waals surface area contributed by atoms with Crippen LogP contribution in [-0.4, -0.2) is 61.2 Å². The molecule has 0 aliphatic carbocycles. The standard InChI is InChI=1S/2C12H14O3.Ca/c2*1-2-3-8-11(13)9-6-4-5-7-10(9)12(14)15;/h2*4-7H,2-3,8H2,1H3,(H,14,15);/q;;+2/p-2. The average Bonchev–Trinajstić information content (AvgIpc) is 2.76. The zero-order valence-corrected chi connectivity index (χ0v) is 20.2. The third kappa shape index (κ3) is 9.76. The number of carbonyl (C=O) groups is 4. The quantitative estimate of drug-likeness (QED) is 0.406. The minimum absolute atomic E-state index is 0. The number of carboxylic acids is 2. The summed E-state index contributed by atoms with van der Waals surface area (Å²) in [5.41, 5.74) is 0.481. The predicted octanol–water partition coefficient (Wildman–Crippen LogP) is 2.47. The molecule has 0 heterocycles. The molecule has 0 aromatic heterocycles. The molecule has 160 valence electrons. The Hall–Kier alpha value is -2.02. The third-order valence-electron chi connectivity index (χ3n) is 4.41. The second kappa shape index (κ2) is 15.7. The number of carboxylic acid groups (broad SMARTS) is 2. The van der Waals surface area contributed by atoms with E-state index in [1.807, 2.05) is 13.8 Å². The van der Waals surface area contributed by atoms with Crippen molar-refractivity contribution in [1.82, 2.24) is 0 Å². The largest absolute Gasteiger partial charge is 2.00 e. The van der Waals surface area contributed by atoms with Crippen molar-refractivity contribution in [2.45, 2.75) is 52.4 Å². The fourth-order valence-electron chi connectivity index (χ4n) is 2.75. The summed E-state index contributed by atoms with van der Waals surface area (Å²) >= 11 is 0. The molecular weight excluding hydrogens is 424 g/mol. The molecule has 2 aromatic rings. The first-order valence-corrected chi connectivity index (χ1v) is 10.0. The van der Waals surface area contributed by atoms with Gasteiger partial charge >= 0.3 is 37.7 Å². The first kappa shape index (κ1) is 29.0. The van der Waals surface area contributed by atoms with Crippen molar-refractivity contribution in [2.75, 3.05) is 0 Å². The van der Waals surface area contributed by atoms with Crippen molar-refractivity contribution < 1.29 is 29.4 Å². The number of Topliss-reactive ketones (excluding diaryl/α,β-unsaturated/α-hetero) is 2. The second-order valence-corrected chi connectivity index (χ2v) is 6.72. The average molecular weight is 451 g/mol. The first-order valence-electron chi connectivity index (χ1n) is 10.0. The molecule has 0 bridgehead atoms. The van der Waals surface area contributed by atoms with Gasteiger partial charge in [0.2, 0.25) is 0 Å². The molecule has 0 saturated heterocycles. The molecular formula is C24H26CaO6. The van der Waals surface area contributed by atoms with E-state index in [1.54, 1.807) is 24.3 Å². The van der Waals surface area contributed by atoms with Gasteiger partial charge in [-0.3, -0.25) is 9.59 Å². The summed E-state index contributed by atoms with van der Waals surface area (Å²) in [7, 11) is 0. The molecule has 0 radical (unpaired) electrons. The summed E-state index contributed by atoms with van der Waals surface area (Å²) in [5, 5.41) is 21.5. The Bertz CT molecular complexity index is 818. The summed E-state index contributed by atoms with van der Waals surface area (Å²) in [6, 6.07) is 12.3. The summed E-state index contributed by atoms with van der Waals surface area (Å²) in [6.45, 7) is 3.97. The van der Waals surface area contributed by atoms with Crippen molar-refractivity contribution in [3.63, 3.8) is 0 Å². The number of carbonyl (C=O) groups excluding carboxylic acids is 4. The van der Waals surface area contributed by atoms with Gasteiger partial charge in [-0.2, -0.15) is 0 Å². The van der Waals surface area contributed by atoms with Gasteiger partial charge in [-0.1, -0.05) is 75.2 Å². The Morgan fingerprint density at radius 1 is 0.613 bits per heavy atom. The molecule has 0 unspecified atom stereocenters. The molecule has 0 aliphatic heterocycles. The molecule has 0 fully saturated rings. The van der Waals surface area contributed by atoms with E-state index in [1.165, 1.54) is 24.3 Å². The van der Waals surface area contributed by atoms with Gasteiger partial charge in [0, 0.05) is 35.1 Å². The summed E-state index contributed by atoms with van der Waals surface area (Å²) < 4.78 is 0. The van der Waals surface area contributed by atoms with Gasteiger partial charge in [-0.05, 0) is 12.8 Å². The van der Waals surface area contributed by atoms with Gasteiger partial charge in [0.05, 0.1) is 11.9 Å². The van der Waals surface area contributed by atoms with E-state index in [9.17, 15) is 29.4 Å². The molecule has 0 saturated carbocycles. The topological polar surface area (TPSA) is 114 Å². The van der Waals surface area contributed by atoms with Crippen molar-refractivity contribution in [3.8, 4) is 0 Å². The van der Waals surface area contributed by atoms with E-state index in [-0.39, 0.29) is 71.6 Å². The van der Waals surface area contributed by atoms with Crippen LogP contribution in [0.5, 0.6) is 0 Å². The Morgan fingerprint density at radius 3 is 1.16 bits per heavy atom. The van der Waals surface area contributed by atoms with Gasteiger partial charge in [-0.15, -0.1) is 0 Å². The molecule has 0 aliphatic rings. The number of unbranched alkanes of at least 4 members (excludes halogenated alkanes) is 2. The van der Waals surface area contributed by atoms with Crippen LogP contribution in [0.15, 0.2) is 48.5 Å². The molecule has 0 atom stereocenters. The van der Waals surface area contributed by atoms with Crippen LogP contribution in [0.2, 0.25) is 0 Å². The summed E-state index contributed by atoms with van der Waals surface area (Å²) in [6.07, 6.45) is 4.17. The fraction of sp³-hybridized carbons (Fsp3) is 0.333. The van der Waals surface area contributed by atoms with E-state index in [0.29, 0.717) is 12.8 Å². The number of rotatable bonds is 10. The monoisotopic (exact) mass is 450 g/mol. The minimum Gasteiger partial charge on any atom is -0.545 e.